The van der Waals surface area contributed by atoms with Gasteiger partial charge in [-0.05, 0) is 30.2 Å². The number of benzene rings is 1. The van der Waals surface area contributed by atoms with E-state index in [2.05, 4.69) is 10.3 Å². The Morgan fingerprint density at radius 3 is 3.16 bits per heavy atom. The molecule has 0 saturated heterocycles. The van der Waals surface area contributed by atoms with Crippen LogP contribution in [0.4, 0.5) is 10.1 Å². The fraction of sp³-hybridized carbons (Fsp3) is 0.267. The zero-order valence-electron chi connectivity index (χ0n) is 10.5. The minimum atomic E-state index is -0.250. The average molecular weight is 258 g/mol. The van der Waals surface area contributed by atoms with Gasteiger partial charge in [0.05, 0.1) is 12.3 Å². The number of aromatic nitrogens is 1. The van der Waals surface area contributed by atoms with Crippen LogP contribution in [0.2, 0.25) is 0 Å². The molecule has 0 saturated carbocycles. The summed E-state index contributed by atoms with van der Waals surface area (Å²) in [6.45, 7) is 1.43. The number of nitrogens with one attached hydrogen (secondary N) is 1. The van der Waals surface area contributed by atoms with Gasteiger partial charge in [0.15, 0.2) is 0 Å². The number of fused-ring (bicyclic) bond motifs is 1. The molecule has 0 spiro atoms. The van der Waals surface area contributed by atoms with E-state index in [1.165, 1.54) is 12.1 Å². The second-order valence-electron chi connectivity index (χ2n) is 4.64. The molecule has 0 bridgehead atoms. The van der Waals surface area contributed by atoms with Crippen molar-refractivity contribution in [3.63, 3.8) is 0 Å². The topological polar surface area (TPSA) is 34.1 Å². The first-order valence-corrected chi connectivity index (χ1v) is 6.39. The highest BCUT2D eigenvalue weighted by Crippen LogP contribution is 2.34. The maximum absolute atomic E-state index is 13.2. The molecule has 1 aliphatic rings. The standard InChI is InChI=1S/C15H15FN2O/c16-12-3-4-14-11(5-7-19-15(14)8-12)9-18-13-2-1-6-17-10-13/h1-4,6,8,10-11,18H,5,7,9H2. The van der Waals surface area contributed by atoms with Gasteiger partial charge in [-0.2, -0.15) is 0 Å². The SMILES string of the molecule is Fc1ccc2c(c1)OCCC2CNc1cccnc1. The fourth-order valence-corrected chi connectivity index (χ4v) is 2.36. The van der Waals surface area contributed by atoms with Gasteiger partial charge in [0.2, 0.25) is 0 Å². The normalized spacial score (nSPS) is 17.4. The van der Waals surface area contributed by atoms with Crippen molar-refractivity contribution >= 4 is 5.69 Å². The van der Waals surface area contributed by atoms with E-state index in [4.69, 9.17) is 4.74 Å². The summed E-state index contributed by atoms with van der Waals surface area (Å²) in [5.41, 5.74) is 2.07. The number of rotatable bonds is 3. The number of pyridine rings is 1. The first kappa shape index (κ1) is 12.0. The summed E-state index contributed by atoms with van der Waals surface area (Å²) >= 11 is 0. The van der Waals surface area contributed by atoms with Crippen molar-refractivity contribution in [2.45, 2.75) is 12.3 Å². The highest BCUT2D eigenvalue weighted by atomic mass is 19.1. The van der Waals surface area contributed by atoms with Crippen LogP contribution in [0.3, 0.4) is 0 Å². The quantitative estimate of drug-likeness (QED) is 0.918. The summed E-state index contributed by atoms with van der Waals surface area (Å²) in [6, 6.07) is 8.66. The monoisotopic (exact) mass is 258 g/mol. The van der Waals surface area contributed by atoms with Crippen LogP contribution in [0.25, 0.3) is 0 Å². The largest absolute Gasteiger partial charge is 0.493 e. The van der Waals surface area contributed by atoms with Gasteiger partial charge in [-0.3, -0.25) is 4.98 Å². The molecule has 98 valence electrons. The maximum atomic E-state index is 13.2. The molecule has 1 atom stereocenters. The van der Waals surface area contributed by atoms with Crippen molar-refractivity contribution in [3.8, 4) is 5.75 Å². The maximum Gasteiger partial charge on any atom is 0.126 e. The third-order valence-corrected chi connectivity index (χ3v) is 3.35. The number of hydrogen-bond acceptors (Lipinski definition) is 3. The molecule has 0 fully saturated rings. The van der Waals surface area contributed by atoms with Gasteiger partial charge < -0.3 is 10.1 Å². The predicted molar refractivity (Wildman–Crippen MR) is 72.0 cm³/mol. The molecule has 2 heterocycles. The van der Waals surface area contributed by atoms with Gasteiger partial charge in [-0.25, -0.2) is 4.39 Å². The van der Waals surface area contributed by atoms with Crippen LogP contribution in [-0.2, 0) is 0 Å². The zero-order valence-corrected chi connectivity index (χ0v) is 10.5. The average Bonchev–Trinajstić information content (AvgIpc) is 2.45. The molecule has 0 aliphatic carbocycles. The summed E-state index contributed by atoms with van der Waals surface area (Å²) in [6.07, 6.45) is 4.48. The Hall–Kier alpha value is -2.10. The van der Waals surface area contributed by atoms with E-state index in [1.54, 1.807) is 12.4 Å². The van der Waals surface area contributed by atoms with Crippen LogP contribution in [0.15, 0.2) is 42.7 Å². The molecular weight excluding hydrogens is 243 g/mol. The van der Waals surface area contributed by atoms with Crippen molar-refractivity contribution in [1.29, 1.82) is 0 Å². The molecule has 0 amide bonds. The minimum absolute atomic E-state index is 0.250. The number of halogens is 1. The van der Waals surface area contributed by atoms with Crippen LogP contribution in [0.5, 0.6) is 5.75 Å². The van der Waals surface area contributed by atoms with Crippen LogP contribution in [-0.4, -0.2) is 18.1 Å². The molecule has 1 N–H and O–H groups in total. The minimum Gasteiger partial charge on any atom is -0.493 e. The van der Waals surface area contributed by atoms with Crippen molar-refractivity contribution in [2.75, 3.05) is 18.5 Å². The zero-order chi connectivity index (χ0) is 13.1. The lowest BCUT2D eigenvalue weighted by atomic mass is 9.93. The number of ether oxygens (including phenoxy) is 1. The van der Waals surface area contributed by atoms with E-state index < -0.39 is 0 Å². The molecule has 19 heavy (non-hydrogen) atoms. The highest BCUT2D eigenvalue weighted by Gasteiger charge is 2.21. The van der Waals surface area contributed by atoms with Crippen LogP contribution < -0.4 is 10.1 Å². The molecule has 2 aromatic rings. The summed E-state index contributed by atoms with van der Waals surface area (Å²) in [4.78, 5) is 4.07. The van der Waals surface area contributed by atoms with Gasteiger partial charge in [0.25, 0.3) is 0 Å². The Labute approximate surface area is 111 Å². The molecule has 1 unspecified atom stereocenters. The second-order valence-corrected chi connectivity index (χ2v) is 4.64. The van der Waals surface area contributed by atoms with E-state index in [9.17, 15) is 4.39 Å². The highest BCUT2D eigenvalue weighted by molar-refractivity contribution is 5.43. The van der Waals surface area contributed by atoms with Crippen LogP contribution >= 0.6 is 0 Å². The number of anilines is 1. The van der Waals surface area contributed by atoms with Crippen molar-refractivity contribution in [1.82, 2.24) is 4.98 Å². The summed E-state index contributed by atoms with van der Waals surface area (Å²) < 4.78 is 18.7. The van der Waals surface area contributed by atoms with Gasteiger partial charge in [0.1, 0.15) is 11.6 Å². The molecule has 0 radical (unpaired) electrons. The third kappa shape index (κ3) is 2.67. The Morgan fingerprint density at radius 1 is 1.37 bits per heavy atom. The van der Waals surface area contributed by atoms with Crippen molar-refractivity contribution < 1.29 is 9.13 Å². The summed E-state index contributed by atoms with van der Waals surface area (Å²) in [5.74, 6) is 0.758. The smallest absolute Gasteiger partial charge is 0.126 e. The van der Waals surface area contributed by atoms with E-state index >= 15 is 0 Å². The lowest BCUT2D eigenvalue weighted by molar-refractivity contribution is 0.268. The van der Waals surface area contributed by atoms with Gasteiger partial charge in [-0.15, -0.1) is 0 Å². The van der Waals surface area contributed by atoms with E-state index in [-0.39, 0.29) is 5.82 Å². The van der Waals surface area contributed by atoms with Crippen molar-refractivity contribution in [2.24, 2.45) is 0 Å². The lowest BCUT2D eigenvalue weighted by Gasteiger charge is -2.26. The predicted octanol–water partition coefficient (Wildman–Crippen LogP) is 3.20. The lowest BCUT2D eigenvalue weighted by Crippen LogP contribution is -2.20. The van der Waals surface area contributed by atoms with Gasteiger partial charge in [-0.1, -0.05) is 6.07 Å². The number of nitrogens with zero attached hydrogens (tertiary/aromatic N) is 1. The Balaban J connectivity index is 1.73. The van der Waals surface area contributed by atoms with Gasteiger partial charge >= 0.3 is 0 Å². The molecule has 4 heteroatoms. The van der Waals surface area contributed by atoms with Gasteiger partial charge in [0, 0.05) is 30.9 Å². The Kier molecular flexibility index (Phi) is 3.31. The molecule has 1 aliphatic heterocycles. The Morgan fingerprint density at radius 2 is 2.32 bits per heavy atom. The van der Waals surface area contributed by atoms with E-state index in [0.29, 0.717) is 18.3 Å². The van der Waals surface area contributed by atoms with E-state index in [1.807, 2.05) is 18.2 Å². The molecule has 1 aromatic carbocycles. The molecule has 3 nitrogen and oxygen atoms in total. The van der Waals surface area contributed by atoms with Crippen LogP contribution in [0.1, 0.15) is 17.9 Å². The van der Waals surface area contributed by atoms with Crippen LogP contribution in [0, 0.1) is 5.82 Å². The van der Waals surface area contributed by atoms with Crippen molar-refractivity contribution in [3.05, 3.63) is 54.1 Å². The summed E-state index contributed by atoms with van der Waals surface area (Å²) in [5, 5.41) is 3.36. The van der Waals surface area contributed by atoms with E-state index in [0.717, 1.165) is 24.2 Å². The number of hydrogen-bond donors (Lipinski definition) is 1. The first-order chi connectivity index (χ1) is 9.33. The molecule has 1 aromatic heterocycles. The summed E-state index contributed by atoms with van der Waals surface area (Å²) in [7, 11) is 0. The molecular formula is C15H15FN2O. The third-order valence-electron chi connectivity index (χ3n) is 3.35. The molecule has 3 rings (SSSR count). The first-order valence-electron chi connectivity index (χ1n) is 6.39. The second kappa shape index (κ2) is 5.26. The Bertz CT molecular complexity index is 559. The fourth-order valence-electron chi connectivity index (χ4n) is 2.36.